The van der Waals surface area contributed by atoms with Gasteiger partial charge in [0.05, 0.1) is 4.90 Å². The highest BCUT2D eigenvalue weighted by molar-refractivity contribution is 7.89. The number of rotatable bonds is 7. The molecule has 5 nitrogen and oxygen atoms in total. The second-order valence-electron chi connectivity index (χ2n) is 6.38. The molecule has 8 heteroatoms. The summed E-state index contributed by atoms with van der Waals surface area (Å²) in [5, 5.41) is 3.92. The lowest BCUT2D eigenvalue weighted by molar-refractivity contribution is 0.0954. The molecule has 0 saturated carbocycles. The molecule has 0 unspecified atom stereocenters. The zero-order chi connectivity index (χ0) is 20.2. The van der Waals surface area contributed by atoms with E-state index in [1.54, 1.807) is 26.0 Å². The SMILES string of the molecule is CC(C)N(C)S(=O)(=O)c1ccc(C(=O)NCCc2ccc(Cl)cc2Cl)cc1. The number of halogens is 2. The molecule has 2 rings (SSSR count). The fraction of sp³-hybridized carbons (Fsp3) is 0.316. The van der Waals surface area contributed by atoms with Gasteiger partial charge >= 0.3 is 0 Å². The van der Waals surface area contributed by atoms with E-state index in [1.807, 2.05) is 6.07 Å². The Kier molecular flexibility index (Phi) is 7.28. The minimum atomic E-state index is -3.57. The Morgan fingerprint density at radius 3 is 2.30 bits per heavy atom. The molecule has 27 heavy (non-hydrogen) atoms. The lowest BCUT2D eigenvalue weighted by Gasteiger charge is -2.21. The molecule has 0 atom stereocenters. The largest absolute Gasteiger partial charge is 0.352 e. The van der Waals surface area contributed by atoms with Crippen LogP contribution in [0, 0.1) is 0 Å². The molecule has 0 aromatic heterocycles. The van der Waals surface area contributed by atoms with Crippen LogP contribution in [0.4, 0.5) is 0 Å². The molecule has 146 valence electrons. The molecule has 0 fully saturated rings. The molecule has 0 bridgehead atoms. The predicted molar refractivity (Wildman–Crippen MR) is 109 cm³/mol. The summed E-state index contributed by atoms with van der Waals surface area (Å²) in [5.41, 5.74) is 1.28. The van der Waals surface area contributed by atoms with Crippen molar-refractivity contribution in [3.8, 4) is 0 Å². The number of amides is 1. The van der Waals surface area contributed by atoms with Crippen molar-refractivity contribution in [1.29, 1.82) is 0 Å². The first-order valence-electron chi connectivity index (χ1n) is 8.43. The molecule has 0 saturated heterocycles. The van der Waals surface area contributed by atoms with E-state index >= 15 is 0 Å². The number of hydrogen-bond acceptors (Lipinski definition) is 3. The smallest absolute Gasteiger partial charge is 0.251 e. The van der Waals surface area contributed by atoms with Gasteiger partial charge in [-0.3, -0.25) is 4.79 Å². The first-order valence-corrected chi connectivity index (χ1v) is 10.6. The van der Waals surface area contributed by atoms with E-state index in [4.69, 9.17) is 23.2 Å². The summed E-state index contributed by atoms with van der Waals surface area (Å²) in [6, 6.07) is 11.0. The highest BCUT2D eigenvalue weighted by Crippen LogP contribution is 2.21. The second-order valence-corrected chi connectivity index (χ2v) is 9.22. The van der Waals surface area contributed by atoms with Crippen LogP contribution in [0.3, 0.4) is 0 Å². The van der Waals surface area contributed by atoms with Crippen LogP contribution in [0.15, 0.2) is 47.4 Å². The molecule has 2 aromatic carbocycles. The monoisotopic (exact) mass is 428 g/mol. The van der Waals surface area contributed by atoms with Crippen molar-refractivity contribution in [3.05, 3.63) is 63.6 Å². The Labute approximate surface area is 170 Å². The Bertz CT molecular complexity index is 913. The summed E-state index contributed by atoms with van der Waals surface area (Å²) in [6.45, 7) is 3.99. The Balaban J connectivity index is 1.99. The summed E-state index contributed by atoms with van der Waals surface area (Å²) < 4.78 is 26.2. The lowest BCUT2D eigenvalue weighted by Crippen LogP contribution is -2.33. The van der Waals surface area contributed by atoms with Crippen LogP contribution in [0.5, 0.6) is 0 Å². The van der Waals surface area contributed by atoms with Gasteiger partial charge in [0, 0.05) is 35.2 Å². The summed E-state index contributed by atoms with van der Waals surface area (Å²) in [7, 11) is -2.04. The van der Waals surface area contributed by atoms with Crippen molar-refractivity contribution in [1.82, 2.24) is 9.62 Å². The van der Waals surface area contributed by atoms with E-state index in [9.17, 15) is 13.2 Å². The predicted octanol–water partition coefficient (Wildman–Crippen LogP) is 3.99. The van der Waals surface area contributed by atoms with Crippen LogP contribution in [-0.4, -0.2) is 38.3 Å². The second kappa shape index (κ2) is 9.06. The standard InChI is InChI=1S/C19H22Cl2N2O3S/c1-13(2)23(3)27(25,26)17-8-5-15(6-9-17)19(24)22-11-10-14-4-7-16(20)12-18(14)21/h4-9,12-13H,10-11H2,1-3H3,(H,22,24). The van der Waals surface area contributed by atoms with Gasteiger partial charge in [-0.25, -0.2) is 8.42 Å². The van der Waals surface area contributed by atoms with Crippen LogP contribution < -0.4 is 5.32 Å². The summed E-state index contributed by atoms with van der Waals surface area (Å²) >= 11 is 12.0. The van der Waals surface area contributed by atoms with Gasteiger partial charge in [-0.05, 0) is 62.2 Å². The summed E-state index contributed by atoms with van der Waals surface area (Å²) in [6.07, 6.45) is 0.563. The van der Waals surface area contributed by atoms with E-state index in [2.05, 4.69) is 5.32 Å². The number of sulfonamides is 1. The topological polar surface area (TPSA) is 66.5 Å². The zero-order valence-electron chi connectivity index (χ0n) is 15.4. The maximum atomic E-state index is 12.4. The van der Waals surface area contributed by atoms with Gasteiger partial charge in [0.25, 0.3) is 5.91 Å². The first-order chi connectivity index (χ1) is 12.6. The third kappa shape index (κ3) is 5.45. The average Bonchev–Trinajstić information content (AvgIpc) is 2.62. The minimum Gasteiger partial charge on any atom is -0.352 e. The fourth-order valence-electron chi connectivity index (χ4n) is 2.36. The first kappa shape index (κ1) is 21.7. The van der Waals surface area contributed by atoms with Crippen LogP contribution in [-0.2, 0) is 16.4 Å². The number of nitrogens with one attached hydrogen (secondary N) is 1. The summed E-state index contributed by atoms with van der Waals surface area (Å²) in [4.78, 5) is 12.4. The number of carbonyl (C=O) groups excluding carboxylic acids is 1. The Hall–Kier alpha value is -1.60. The third-order valence-corrected chi connectivity index (χ3v) is 6.85. The molecule has 2 aromatic rings. The molecule has 0 spiro atoms. The van der Waals surface area contributed by atoms with Gasteiger partial charge in [0.2, 0.25) is 10.0 Å². The number of nitrogens with zero attached hydrogens (tertiary/aromatic N) is 1. The van der Waals surface area contributed by atoms with Crippen molar-refractivity contribution in [2.75, 3.05) is 13.6 Å². The maximum absolute atomic E-state index is 12.4. The maximum Gasteiger partial charge on any atom is 0.251 e. The van der Waals surface area contributed by atoms with E-state index < -0.39 is 10.0 Å². The highest BCUT2D eigenvalue weighted by atomic mass is 35.5. The molecule has 0 heterocycles. The Morgan fingerprint density at radius 2 is 1.74 bits per heavy atom. The summed E-state index contributed by atoms with van der Waals surface area (Å²) in [5.74, 6) is -0.277. The van der Waals surface area contributed by atoms with Gasteiger partial charge in [0.15, 0.2) is 0 Å². The van der Waals surface area contributed by atoms with Gasteiger partial charge < -0.3 is 5.32 Å². The molecular formula is C19H22Cl2N2O3S. The van der Waals surface area contributed by atoms with E-state index in [-0.39, 0.29) is 16.8 Å². The van der Waals surface area contributed by atoms with Gasteiger partial charge in [-0.15, -0.1) is 0 Å². The van der Waals surface area contributed by atoms with Crippen molar-refractivity contribution < 1.29 is 13.2 Å². The van der Waals surface area contributed by atoms with E-state index in [0.717, 1.165) is 5.56 Å². The highest BCUT2D eigenvalue weighted by Gasteiger charge is 2.23. The molecule has 1 amide bonds. The minimum absolute atomic E-state index is 0.155. The van der Waals surface area contributed by atoms with Gasteiger partial charge in [-0.2, -0.15) is 4.31 Å². The Morgan fingerprint density at radius 1 is 1.11 bits per heavy atom. The molecule has 1 N–H and O–H groups in total. The van der Waals surface area contributed by atoms with Crippen molar-refractivity contribution in [2.24, 2.45) is 0 Å². The molecule has 0 aliphatic carbocycles. The van der Waals surface area contributed by atoms with E-state index in [1.165, 1.54) is 35.6 Å². The lowest BCUT2D eigenvalue weighted by atomic mass is 10.1. The molecule has 0 radical (unpaired) electrons. The molecule has 0 aliphatic rings. The van der Waals surface area contributed by atoms with Crippen LogP contribution in [0.25, 0.3) is 0 Å². The van der Waals surface area contributed by atoms with Crippen molar-refractivity contribution >= 4 is 39.1 Å². The molecular weight excluding hydrogens is 407 g/mol. The quantitative estimate of drug-likeness (QED) is 0.724. The van der Waals surface area contributed by atoms with Crippen LogP contribution >= 0.6 is 23.2 Å². The fourth-order valence-corrected chi connectivity index (χ4v) is 4.23. The van der Waals surface area contributed by atoms with Crippen molar-refractivity contribution in [2.45, 2.75) is 31.2 Å². The number of carbonyl (C=O) groups is 1. The van der Waals surface area contributed by atoms with Crippen LogP contribution in [0.2, 0.25) is 10.0 Å². The zero-order valence-corrected chi connectivity index (χ0v) is 17.7. The van der Waals surface area contributed by atoms with Gasteiger partial charge in [0.1, 0.15) is 0 Å². The van der Waals surface area contributed by atoms with Crippen LogP contribution in [0.1, 0.15) is 29.8 Å². The third-order valence-electron chi connectivity index (χ3n) is 4.22. The number of hydrogen-bond donors (Lipinski definition) is 1. The number of benzene rings is 2. The molecule has 0 aliphatic heterocycles. The normalized spacial score (nSPS) is 11.8. The van der Waals surface area contributed by atoms with Crippen molar-refractivity contribution in [3.63, 3.8) is 0 Å². The average molecular weight is 429 g/mol. The van der Waals surface area contributed by atoms with Gasteiger partial charge in [-0.1, -0.05) is 29.3 Å². The van der Waals surface area contributed by atoms with E-state index in [0.29, 0.717) is 28.6 Å².